The number of aryl methyl sites for hydroxylation is 1. The van der Waals surface area contributed by atoms with Crippen LogP contribution in [-0.2, 0) is 12.8 Å². The minimum absolute atomic E-state index is 0.128. The van der Waals surface area contributed by atoms with Gasteiger partial charge in [0.25, 0.3) is 11.8 Å². The van der Waals surface area contributed by atoms with Crippen LogP contribution in [0.4, 0.5) is 5.00 Å². The van der Waals surface area contributed by atoms with E-state index in [2.05, 4.69) is 10.6 Å². The number of carbonyl (C=O) groups excluding carboxylic acids is 2. The Kier molecular flexibility index (Phi) is 6.08. The van der Waals surface area contributed by atoms with Gasteiger partial charge in [0.1, 0.15) is 10.8 Å². The van der Waals surface area contributed by atoms with Gasteiger partial charge in [0, 0.05) is 10.4 Å². The van der Waals surface area contributed by atoms with Crippen LogP contribution < -0.4 is 21.1 Å². The summed E-state index contributed by atoms with van der Waals surface area (Å²) in [4.78, 5) is 25.5. The summed E-state index contributed by atoms with van der Waals surface area (Å²) < 4.78 is 5.41. The normalized spacial score (nSPS) is 12.8. The average molecular weight is 404 g/mol. The number of fused-ring (bicyclic) bond motifs is 1. The summed E-state index contributed by atoms with van der Waals surface area (Å²) in [6.45, 7) is 2.40. The Labute approximate surface area is 167 Å². The zero-order valence-corrected chi connectivity index (χ0v) is 16.6. The van der Waals surface area contributed by atoms with Gasteiger partial charge in [-0.3, -0.25) is 14.9 Å². The highest BCUT2D eigenvalue weighted by Gasteiger charge is 2.24. The van der Waals surface area contributed by atoms with Crippen molar-refractivity contribution in [1.29, 1.82) is 0 Å². The monoisotopic (exact) mass is 403 g/mol. The number of nitrogens with one attached hydrogen (secondary N) is 2. The molecule has 142 valence electrons. The average Bonchev–Trinajstić information content (AvgIpc) is 3.00. The predicted molar refractivity (Wildman–Crippen MR) is 111 cm³/mol. The summed E-state index contributed by atoms with van der Waals surface area (Å²) in [6, 6.07) is 6.86. The Morgan fingerprint density at radius 2 is 2.07 bits per heavy atom. The van der Waals surface area contributed by atoms with E-state index in [4.69, 9.17) is 22.7 Å². The van der Waals surface area contributed by atoms with Crippen LogP contribution in [0, 0.1) is 0 Å². The number of anilines is 1. The molecule has 0 atom stereocenters. The van der Waals surface area contributed by atoms with Crippen molar-refractivity contribution in [3.8, 4) is 5.75 Å². The maximum Gasteiger partial charge on any atom is 0.257 e. The molecule has 27 heavy (non-hydrogen) atoms. The standard InChI is InChI=1S/C19H21N3O3S2/c1-2-25-12-7-5-6-11(10-12)17(24)21-19(26)22-18-15(16(20)23)13-8-3-4-9-14(13)27-18/h5-7,10H,2-4,8-9H2,1H3,(H2,20,23)(H2,21,22,24,26). The minimum Gasteiger partial charge on any atom is -0.494 e. The van der Waals surface area contributed by atoms with Gasteiger partial charge in [-0.05, 0) is 68.6 Å². The molecule has 1 aliphatic rings. The number of hydrogen-bond donors (Lipinski definition) is 3. The molecule has 0 saturated heterocycles. The second-order valence-electron chi connectivity index (χ2n) is 6.15. The van der Waals surface area contributed by atoms with Crippen molar-refractivity contribution < 1.29 is 14.3 Å². The highest BCUT2D eigenvalue weighted by molar-refractivity contribution is 7.80. The van der Waals surface area contributed by atoms with Crippen LogP contribution in [-0.4, -0.2) is 23.5 Å². The van der Waals surface area contributed by atoms with E-state index < -0.39 is 5.91 Å². The molecule has 0 bridgehead atoms. The van der Waals surface area contributed by atoms with Gasteiger partial charge in [0.15, 0.2) is 5.11 Å². The van der Waals surface area contributed by atoms with Crippen molar-refractivity contribution in [3.63, 3.8) is 0 Å². The van der Waals surface area contributed by atoms with E-state index in [0.29, 0.717) is 28.5 Å². The van der Waals surface area contributed by atoms with Gasteiger partial charge in [-0.25, -0.2) is 0 Å². The van der Waals surface area contributed by atoms with Crippen LogP contribution in [0.2, 0.25) is 0 Å². The van der Waals surface area contributed by atoms with Crippen molar-refractivity contribution in [2.24, 2.45) is 5.73 Å². The number of thiocarbonyl (C=S) groups is 1. The van der Waals surface area contributed by atoms with E-state index in [-0.39, 0.29) is 11.0 Å². The molecule has 0 aliphatic heterocycles. The van der Waals surface area contributed by atoms with E-state index >= 15 is 0 Å². The van der Waals surface area contributed by atoms with E-state index in [1.807, 2.05) is 6.92 Å². The molecule has 0 unspecified atom stereocenters. The Morgan fingerprint density at radius 1 is 1.30 bits per heavy atom. The first-order chi connectivity index (χ1) is 13.0. The maximum atomic E-state index is 12.4. The van der Waals surface area contributed by atoms with Crippen molar-refractivity contribution >= 4 is 45.5 Å². The fourth-order valence-electron chi connectivity index (χ4n) is 3.12. The highest BCUT2D eigenvalue weighted by atomic mass is 32.1. The number of hydrogen-bond acceptors (Lipinski definition) is 5. The summed E-state index contributed by atoms with van der Waals surface area (Å²) >= 11 is 6.74. The molecule has 0 spiro atoms. The molecule has 3 rings (SSSR count). The number of benzene rings is 1. The van der Waals surface area contributed by atoms with Crippen molar-refractivity contribution in [3.05, 3.63) is 45.8 Å². The summed E-state index contributed by atoms with van der Waals surface area (Å²) in [5, 5.41) is 6.34. The molecular weight excluding hydrogens is 382 g/mol. The van der Waals surface area contributed by atoms with E-state index in [1.165, 1.54) is 11.3 Å². The van der Waals surface area contributed by atoms with Gasteiger partial charge in [-0.2, -0.15) is 0 Å². The number of thiophene rings is 1. The Hall–Kier alpha value is -2.45. The molecule has 2 amide bonds. The molecule has 1 heterocycles. The lowest BCUT2D eigenvalue weighted by atomic mass is 9.95. The van der Waals surface area contributed by atoms with Gasteiger partial charge < -0.3 is 15.8 Å². The summed E-state index contributed by atoms with van der Waals surface area (Å²) in [5.74, 6) is -0.211. The molecule has 0 saturated carbocycles. The summed E-state index contributed by atoms with van der Waals surface area (Å²) in [5.41, 5.74) is 7.52. The molecule has 8 heteroatoms. The third-order valence-electron chi connectivity index (χ3n) is 4.28. The largest absolute Gasteiger partial charge is 0.494 e. The van der Waals surface area contributed by atoms with Crippen LogP contribution in [0.5, 0.6) is 5.75 Å². The molecule has 1 aromatic heterocycles. The molecule has 0 fully saturated rings. The zero-order chi connectivity index (χ0) is 19.4. The summed E-state index contributed by atoms with van der Waals surface area (Å²) in [6.07, 6.45) is 3.92. The Balaban J connectivity index is 1.73. The van der Waals surface area contributed by atoms with Crippen LogP contribution in [0.1, 0.15) is 50.9 Å². The molecule has 4 N–H and O–H groups in total. The first-order valence-electron chi connectivity index (χ1n) is 8.79. The lowest BCUT2D eigenvalue weighted by Crippen LogP contribution is -2.34. The van der Waals surface area contributed by atoms with E-state index in [1.54, 1.807) is 24.3 Å². The van der Waals surface area contributed by atoms with Gasteiger partial charge in [-0.1, -0.05) is 6.07 Å². The third-order valence-corrected chi connectivity index (χ3v) is 5.69. The second-order valence-corrected chi connectivity index (χ2v) is 7.66. The number of ether oxygens (including phenoxy) is 1. The van der Waals surface area contributed by atoms with Crippen molar-refractivity contribution in [2.75, 3.05) is 11.9 Å². The van der Waals surface area contributed by atoms with Gasteiger partial charge >= 0.3 is 0 Å². The van der Waals surface area contributed by atoms with Crippen LogP contribution in [0.25, 0.3) is 0 Å². The van der Waals surface area contributed by atoms with Gasteiger partial charge in [0.2, 0.25) is 0 Å². The van der Waals surface area contributed by atoms with E-state index in [0.717, 1.165) is 36.1 Å². The number of primary amides is 1. The fraction of sp³-hybridized carbons (Fsp3) is 0.316. The van der Waals surface area contributed by atoms with Crippen molar-refractivity contribution in [1.82, 2.24) is 5.32 Å². The Morgan fingerprint density at radius 3 is 2.81 bits per heavy atom. The van der Waals surface area contributed by atoms with Crippen LogP contribution >= 0.6 is 23.6 Å². The van der Waals surface area contributed by atoms with Gasteiger partial charge in [-0.15, -0.1) is 11.3 Å². The quantitative estimate of drug-likeness (QED) is 0.667. The van der Waals surface area contributed by atoms with Crippen molar-refractivity contribution in [2.45, 2.75) is 32.6 Å². The third kappa shape index (κ3) is 4.45. The van der Waals surface area contributed by atoms with E-state index in [9.17, 15) is 9.59 Å². The molecular formula is C19H21N3O3S2. The zero-order valence-electron chi connectivity index (χ0n) is 15.0. The highest BCUT2D eigenvalue weighted by Crippen LogP contribution is 2.37. The molecule has 2 aromatic rings. The number of nitrogens with two attached hydrogens (primary N) is 1. The minimum atomic E-state index is -0.476. The number of rotatable bonds is 5. The first-order valence-corrected chi connectivity index (χ1v) is 10.0. The lowest BCUT2D eigenvalue weighted by molar-refractivity contribution is 0.0975. The van der Waals surface area contributed by atoms with Gasteiger partial charge in [0.05, 0.1) is 12.2 Å². The second kappa shape index (κ2) is 8.49. The summed E-state index contributed by atoms with van der Waals surface area (Å²) in [7, 11) is 0. The van der Waals surface area contributed by atoms with Crippen LogP contribution in [0.3, 0.4) is 0 Å². The predicted octanol–water partition coefficient (Wildman–Crippen LogP) is 3.25. The van der Waals surface area contributed by atoms with Crippen LogP contribution in [0.15, 0.2) is 24.3 Å². The SMILES string of the molecule is CCOc1cccc(C(=O)NC(=S)Nc2sc3c(c2C(N)=O)CCCC3)c1. The first kappa shape index (κ1) is 19.3. The molecule has 1 aliphatic carbocycles. The number of amides is 2. The maximum absolute atomic E-state index is 12.4. The smallest absolute Gasteiger partial charge is 0.257 e. The lowest BCUT2D eigenvalue weighted by Gasteiger charge is -2.12. The molecule has 0 radical (unpaired) electrons. The fourth-order valence-corrected chi connectivity index (χ4v) is 4.68. The topological polar surface area (TPSA) is 93.4 Å². The number of carbonyl (C=O) groups is 2. The molecule has 1 aromatic carbocycles. The molecule has 6 nitrogen and oxygen atoms in total. The Bertz CT molecular complexity index is 892.